The molecule has 0 aromatic carbocycles. The predicted octanol–water partition coefficient (Wildman–Crippen LogP) is 2.25. The molecule has 2 heteroatoms. The molecule has 2 nitrogen and oxygen atoms in total. The van der Waals surface area contributed by atoms with E-state index in [4.69, 9.17) is 9.47 Å². The average molecular weight is 172 g/mol. The molecule has 2 unspecified atom stereocenters. The third kappa shape index (κ3) is 3.88. The van der Waals surface area contributed by atoms with Crippen LogP contribution < -0.4 is 0 Å². The van der Waals surface area contributed by atoms with E-state index in [9.17, 15) is 0 Å². The molecular weight excluding hydrogens is 152 g/mol. The van der Waals surface area contributed by atoms with Crippen molar-refractivity contribution in [2.45, 2.75) is 26.4 Å². The smallest absolute Gasteiger partial charge is 0.0858 e. The molecule has 1 saturated heterocycles. The summed E-state index contributed by atoms with van der Waals surface area (Å²) >= 11 is 0. The maximum atomic E-state index is 5.25. The average Bonchev–Trinajstić information content (AvgIpc) is 2.01. The molecule has 1 fully saturated rings. The van der Waals surface area contributed by atoms with Crippen LogP contribution in [0.25, 0.3) is 0 Å². The van der Waals surface area contributed by atoms with Crippen LogP contribution in [0.4, 0.5) is 0 Å². The van der Waals surface area contributed by atoms with E-state index in [1.807, 2.05) is 6.92 Å². The molecule has 1 aliphatic heterocycles. The van der Waals surface area contributed by atoms with Gasteiger partial charge in [0.15, 0.2) is 0 Å². The molecule has 12 heavy (non-hydrogen) atoms. The van der Waals surface area contributed by atoms with Crippen LogP contribution in [0.2, 0.25) is 0 Å². The fourth-order valence-corrected chi connectivity index (χ4v) is 1.10. The highest BCUT2D eigenvalue weighted by Crippen LogP contribution is 2.22. The van der Waals surface area contributed by atoms with Crippen LogP contribution in [0.3, 0.4) is 0 Å². The van der Waals surface area contributed by atoms with E-state index < -0.39 is 0 Å². The summed E-state index contributed by atoms with van der Waals surface area (Å²) in [5, 5.41) is 0. The Labute approximate surface area is 75.6 Å². The Balaban J connectivity index is 0.000000354. The third-order valence-electron chi connectivity index (χ3n) is 1.91. The van der Waals surface area contributed by atoms with Gasteiger partial charge in [-0.2, -0.15) is 0 Å². The molecule has 0 spiro atoms. The molecule has 0 amide bonds. The number of hydrogen-bond donors (Lipinski definition) is 0. The summed E-state index contributed by atoms with van der Waals surface area (Å²) in [7, 11) is 1.72. The van der Waals surface area contributed by atoms with Gasteiger partial charge in [0.05, 0.1) is 19.3 Å². The largest absolute Gasteiger partial charge is 0.382 e. The number of allylic oxidation sites excluding steroid dienone is 1. The van der Waals surface area contributed by atoms with Crippen molar-refractivity contribution in [2.24, 2.45) is 5.92 Å². The fourth-order valence-electron chi connectivity index (χ4n) is 1.10. The summed E-state index contributed by atoms with van der Waals surface area (Å²) < 4.78 is 10.2. The van der Waals surface area contributed by atoms with E-state index in [0.717, 1.165) is 19.1 Å². The van der Waals surface area contributed by atoms with Crippen molar-refractivity contribution >= 4 is 0 Å². The monoisotopic (exact) mass is 172 g/mol. The molecule has 0 aromatic heterocycles. The Bertz CT molecular complexity index is 110. The zero-order valence-electron chi connectivity index (χ0n) is 8.38. The van der Waals surface area contributed by atoms with Gasteiger partial charge in [-0.25, -0.2) is 0 Å². The summed E-state index contributed by atoms with van der Waals surface area (Å²) in [6, 6.07) is 0. The van der Waals surface area contributed by atoms with Crippen molar-refractivity contribution in [3.63, 3.8) is 0 Å². The Morgan fingerprint density at radius 2 is 2.25 bits per heavy atom. The van der Waals surface area contributed by atoms with Crippen LogP contribution in [0.15, 0.2) is 12.7 Å². The maximum absolute atomic E-state index is 5.25. The second-order valence-electron chi connectivity index (χ2n) is 2.90. The zero-order valence-corrected chi connectivity index (χ0v) is 8.38. The first-order valence-electron chi connectivity index (χ1n) is 4.47. The second-order valence-corrected chi connectivity index (χ2v) is 2.90. The van der Waals surface area contributed by atoms with Crippen LogP contribution >= 0.6 is 0 Å². The van der Waals surface area contributed by atoms with E-state index >= 15 is 0 Å². The minimum Gasteiger partial charge on any atom is -0.382 e. The normalized spacial score (nSPS) is 26.6. The summed E-state index contributed by atoms with van der Waals surface area (Å²) in [5.41, 5.74) is 0. The molecule has 1 aliphatic rings. The molecule has 1 heterocycles. The molecular formula is C10H20O2. The Morgan fingerprint density at radius 3 is 2.50 bits per heavy atom. The van der Waals surface area contributed by atoms with Crippen molar-refractivity contribution in [3.05, 3.63) is 12.7 Å². The molecule has 0 aliphatic carbocycles. The van der Waals surface area contributed by atoms with Crippen LogP contribution in [0.1, 0.15) is 20.3 Å². The van der Waals surface area contributed by atoms with E-state index in [1.54, 1.807) is 13.2 Å². The minimum atomic E-state index is 0.389. The van der Waals surface area contributed by atoms with Crippen LogP contribution in [-0.2, 0) is 9.47 Å². The van der Waals surface area contributed by atoms with Gasteiger partial charge in [0, 0.05) is 13.0 Å². The van der Waals surface area contributed by atoms with Gasteiger partial charge < -0.3 is 9.47 Å². The summed E-state index contributed by atoms with van der Waals surface area (Å²) in [6.07, 6.45) is 3.36. The van der Waals surface area contributed by atoms with Gasteiger partial charge in [-0.3, -0.25) is 0 Å². The molecule has 0 aromatic rings. The first kappa shape index (κ1) is 11.7. The quantitative estimate of drug-likeness (QED) is 0.608. The molecule has 1 rings (SSSR count). The summed E-state index contributed by atoms with van der Waals surface area (Å²) in [6.45, 7) is 9.14. The van der Waals surface area contributed by atoms with Gasteiger partial charge in [-0.15, -0.1) is 6.58 Å². The highest BCUT2D eigenvalue weighted by molar-refractivity contribution is 4.76. The highest BCUT2D eigenvalue weighted by Gasteiger charge is 2.29. The molecule has 72 valence electrons. The molecule has 0 radical (unpaired) electrons. The number of hydrogen-bond acceptors (Lipinski definition) is 2. The van der Waals surface area contributed by atoms with Gasteiger partial charge in [0.2, 0.25) is 0 Å². The van der Waals surface area contributed by atoms with E-state index in [-0.39, 0.29) is 0 Å². The van der Waals surface area contributed by atoms with E-state index in [2.05, 4.69) is 13.5 Å². The highest BCUT2D eigenvalue weighted by atomic mass is 16.5. The standard InChI is InChI=1S/C7H14O2.C3H6/c1-3-6-4-9-7(6)5-8-2;1-3-2/h6-7H,3-5H2,1-2H3;3H,1H2,2H3. The Kier molecular flexibility index (Phi) is 7.11. The van der Waals surface area contributed by atoms with Gasteiger partial charge in [0.1, 0.15) is 0 Å². The molecule has 2 atom stereocenters. The van der Waals surface area contributed by atoms with Gasteiger partial charge in [-0.1, -0.05) is 13.0 Å². The topological polar surface area (TPSA) is 18.5 Å². The first-order chi connectivity index (χ1) is 5.79. The minimum absolute atomic E-state index is 0.389. The lowest BCUT2D eigenvalue weighted by molar-refractivity contribution is -0.141. The second kappa shape index (κ2) is 7.32. The number of rotatable bonds is 3. The third-order valence-corrected chi connectivity index (χ3v) is 1.91. The zero-order chi connectivity index (χ0) is 9.40. The molecule has 0 N–H and O–H groups in total. The van der Waals surface area contributed by atoms with Crippen molar-refractivity contribution in [1.29, 1.82) is 0 Å². The lowest BCUT2D eigenvalue weighted by Crippen LogP contribution is -2.42. The molecule has 0 bridgehead atoms. The van der Waals surface area contributed by atoms with E-state index in [1.165, 1.54) is 6.42 Å². The summed E-state index contributed by atoms with van der Waals surface area (Å²) in [4.78, 5) is 0. The maximum Gasteiger partial charge on any atom is 0.0858 e. The van der Waals surface area contributed by atoms with Crippen LogP contribution in [0, 0.1) is 5.92 Å². The number of ether oxygens (including phenoxy) is 2. The van der Waals surface area contributed by atoms with Crippen molar-refractivity contribution in [1.82, 2.24) is 0 Å². The predicted molar refractivity (Wildman–Crippen MR) is 51.3 cm³/mol. The Morgan fingerprint density at radius 1 is 1.67 bits per heavy atom. The van der Waals surface area contributed by atoms with Gasteiger partial charge in [0.25, 0.3) is 0 Å². The van der Waals surface area contributed by atoms with Crippen molar-refractivity contribution in [3.8, 4) is 0 Å². The Hall–Kier alpha value is -0.340. The first-order valence-corrected chi connectivity index (χ1v) is 4.47. The van der Waals surface area contributed by atoms with Gasteiger partial charge in [-0.05, 0) is 13.3 Å². The van der Waals surface area contributed by atoms with Crippen LogP contribution in [0.5, 0.6) is 0 Å². The SMILES string of the molecule is C=CC.CCC1COC1COC. The lowest BCUT2D eigenvalue weighted by atomic mass is 9.96. The van der Waals surface area contributed by atoms with Crippen molar-refractivity contribution < 1.29 is 9.47 Å². The summed E-state index contributed by atoms with van der Waals surface area (Å²) in [5.74, 6) is 0.755. The van der Waals surface area contributed by atoms with Gasteiger partial charge >= 0.3 is 0 Å². The number of methoxy groups -OCH3 is 1. The molecule has 0 saturated carbocycles. The van der Waals surface area contributed by atoms with E-state index in [0.29, 0.717) is 6.10 Å². The van der Waals surface area contributed by atoms with Crippen LogP contribution in [-0.4, -0.2) is 26.4 Å². The van der Waals surface area contributed by atoms with Crippen molar-refractivity contribution in [2.75, 3.05) is 20.3 Å². The lowest BCUT2D eigenvalue weighted by Gasteiger charge is -2.35. The fraction of sp³-hybridized carbons (Fsp3) is 0.800.